The summed E-state index contributed by atoms with van der Waals surface area (Å²) in [6.07, 6.45) is 0.960. The van der Waals surface area contributed by atoms with Crippen LogP contribution in [-0.2, 0) is 17.8 Å². The SMILES string of the molecule is CCOCCCNC(=NC)NCc1c(C)nn(Cc2ccccc2)c1C.I. The summed E-state index contributed by atoms with van der Waals surface area (Å²) in [7, 11) is 1.79. The lowest BCUT2D eigenvalue weighted by Gasteiger charge is -2.12. The van der Waals surface area contributed by atoms with Crippen LogP contribution in [-0.4, -0.2) is 42.5 Å². The van der Waals surface area contributed by atoms with Gasteiger partial charge >= 0.3 is 0 Å². The van der Waals surface area contributed by atoms with Gasteiger partial charge in [0.2, 0.25) is 0 Å². The molecule has 0 aliphatic rings. The molecule has 0 aliphatic heterocycles. The molecule has 0 fully saturated rings. The molecule has 1 heterocycles. The monoisotopic (exact) mass is 485 g/mol. The standard InChI is InChI=1S/C20H31N5O.HI/c1-5-26-13-9-12-22-20(21-4)23-14-19-16(2)24-25(17(19)3)15-18-10-7-6-8-11-18;/h6-8,10-11H,5,9,12-15H2,1-4H3,(H2,21,22,23);1H. The molecule has 0 bridgehead atoms. The fraction of sp³-hybridized carbons (Fsp3) is 0.500. The van der Waals surface area contributed by atoms with Crippen molar-refractivity contribution in [1.82, 2.24) is 20.4 Å². The van der Waals surface area contributed by atoms with E-state index in [0.717, 1.165) is 44.4 Å². The molecule has 2 N–H and O–H groups in total. The van der Waals surface area contributed by atoms with Crippen LogP contribution in [0.5, 0.6) is 0 Å². The van der Waals surface area contributed by atoms with Crippen LogP contribution < -0.4 is 10.6 Å². The second-order valence-electron chi connectivity index (χ2n) is 6.20. The average molecular weight is 485 g/mol. The Bertz CT molecular complexity index is 700. The molecule has 0 radical (unpaired) electrons. The smallest absolute Gasteiger partial charge is 0.191 e. The van der Waals surface area contributed by atoms with Gasteiger partial charge in [-0.2, -0.15) is 5.10 Å². The van der Waals surface area contributed by atoms with Crippen molar-refractivity contribution < 1.29 is 4.74 Å². The van der Waals surface area contributed by atoms with Crippen LogP contribution in [0.3, 0.4) is 0 Å². The molecular weight excluding hydrogens is 453 g/mol. The molecule has 1 aromatic carbocycles. The second kappa shape index (κ2) is 12.7. The third-order valence-electron chi connectivity index (χ3n) is 4.32. The van der Waals surface area contributed by atoms with Gasteiger partial charge in [-0.3, -0.25) is 9.67 Å². The third-order valence-corrected chi connectivity index (χ3v) is 4.32. The van der Waals surface area contributed by atoms with Crippen molar-refractivity contribution in [3.63, 3.8) is 0 Å². The molecule has 1 aromatic heterocycles. The summed E-state index contributed by atoms with van der Waals surface area (Å²) in [4.78, 5) is 4.28. The molecule has 2 aromatic rings. The summed E-state index contributed by atoms with van der Waals surface area (Å²) in [5.74, 6) is 0.802. The second-order valence-corrected chi connectivity index (χ2v) is 6.20. The number of rotatable bonds is 9. The summed E-state index contributed by atoms with van der Waals surface area (Å²) >= 11 is 0. The maximum Gasteiger partial charge on any atom is 0.191 e. The molecule has 2 rings (SSSR count). The Labute approximate surface area is 179 Å². The highest BCUT2D eigenvalue weighted by Crippen LogP contribution is 2.14. The lowest BCUT2D eigenvalue weighted by molar-refractivity contribution is 0.145. The first kappa shape index (κ1) is 23.4. The summed E-state index contributed by atoms with van der Waals surface area (Å²) in [6.45, 7) is 10.1. The number of aromatic nitrogens is 2. The molecule has 0 spiro atoms. The van der Waals surface area contributed by atoms with Crippen LogP contribution in [0.15, 0.2) is 35.3 Å². The number of aryl methyl sites for hydroxylation is 1. The average Bonchev–Trinajstić information content (AvgIpc) is 2.91. The van der Waals surface area contributed by atoms with Crippen molar-refractivity contribution in [1.29, 1.82) is 0 Å². The Hall–Kier alpha value is -1.61. The van der Waals surface area contributed by atoms with Crippen molar-refractivity contribution in [2.24, 2.45) is 4.99 Å². The number of guanidine groups is 1. The van der Waals surface area contributed by atoms with Gasteiger partial charge in [-0.1, -0.05) is 30.3 Å². The van der Waals surface area contributed by atoms with Gasteiger partial charge in [-0.25, -0.2) is 0 Å². The lowest BCUT2D eigenvalue weighted by atomic mass is 10.2. The summed E-state index contributed by atoms with van der Waals surface area (Å²) in [5, 5.41) is 11.4. The minimum Gasteiger partial charge on any atom is -0.382 e. The Morgan fingerprint density at radius 3 is 2.59 bits per heavy atom. The van der Waals surface area contributed by atoms with Crippen molar-refractivity contribution in [3.05, 3.63) is 52.8 Å². The number of hydrogen-bond donors (Lipinski definition) is 2. The fourth-order valence-electron chi connectivity index (χ4n) is 2.82. The van der Waals surface area contributed by atoms with Gasteiger partial charge in [-0.05, 0) is 32.8 Å². The highest BCUT2D eigenvalue weighted by molar-refractivity contribution is 14.0. The number of aliphatic imine (C=N–C) groups is 1. The Morgan fingerprint density at radius 1 is 1.19 bits per heavy atom. The Kier molecular flexibility index (Phi) is 11.0. The van der Waals surface area contributed by atoms with Crippen LogP contribution in [0.25, 0.3) is 0 Å². The van der Waals surface area contributed by atoms with Crippen LogP contribution in [0.1, 0.15) is 35.9 Å². The molecular formula is C20H32IN5O. The highest BCUT2D eigenvalue weighted by Gasteiger charge is 2.12. The van der Waals surface area contributed by atoms with Gasteiger partial charge in [0.1, 0.15) is 0 Å². The van der Waals surface area contributed by atoms with Crippen molar-refractivity contribution in [2.75, 3.05) is 26.8 Å². The van der Waals surface area contributed by atoms with Crippen LogP contribution >= 0.6 is 24.0 Å². The zero-order valence-electron chi connectivity index (χ0n) is 16.8. The van der Waals surface area contributed by atoms with E-state index >= 15 is 0 Å². The van der Waals surface area contributed by atoms with Crippen LogP contribution in [0.4, 0.5) is 0 Å². The van der Waals surface area contributed by atoms with E-state index in [-0.39, 0.29) is 24.0 Å². The molecule has 0 aliphatic carbocycles. The summed E-state index contributed by atoms with van der Waals surface area (Å²) in [6, 6.07) is 10.4. The minimum absolute atomic E-state index is 0. The number of halogens is 1. The number of nitrogens with one attached hydrogen (secondary N) is 2. The summed E-state index contributed by atoms with van der Waals surface area (Å²) < 4.78 is 7.42. The third kappa shape index (κ3) is 7.50. The molecule has 0 atom stereocenters. The van der Waals surface area contributed by atoms with Gasteiger partial charge < -0.3 is 15.4 Å². The maximum absolute atomic E-state index is 5.35. The lowest BCUT2D eigenvalue weighted by Crippen LogP contribution is -2.37. The highest BCUT2D eigenvalue weighted by atomic mass is 127. The van der Waals surface area contributed by atoms with E-state index in [0.29, 0.717) is 6.54 Å². The molecule has 150 valence electrons. The predicted molar refractivity (Wildman–Crippen MR) is 122 cm³/mol. The Balaban J connectivity index is 0.00000364. The Morgan fingerprint density at radius 2 is 1.93 bits per heavy atom. The van der Waals surface area contributed by atoms with Gasteiger partial charge in [0.15, 0.2) is 5.96 Å². The molecule has 0 saturated heterocycles. The first-order chi connectivity index (χ1) is 12.7. The van der Waals surface area contributed by atoms with Gasteiger partial charge in [0, 0.05) is 44.6 Å². The predicted octanol–water partition coefficient (Wildman–Crippen LogP) is 3.26. The van der Waals surface area contributed by atoms with E-state index in [2.05, 4.69) is 58.4 Å². The van der Waals surface area contributed by atoms with Gasteiger partial charge in [0.25, 0.3) is 0 Å². The fourth-order valence-corrected chi connectivity index (χ4v) is 2.82. The first-order valence-corrected chi connectivity index (χ1v) is 9.24. The maximum atomic E-state index is 5.35. The largest absolute Gasteiger partial charge is 0.382 e. The zero-order chi connectivity index (χ0) is 18.8. The van der Waals surface area contributed by atoms with Gasteiger partial charge in [-0.15, -0.1) is 24.0 Å². The van der Waals surface area contributed by atoms with Crippen molar-refractivity contribution in [3.8, 4) is 0 Å². The van der Waals surface area contributed by atoms with E-state index in [1.54, 1.807) is 7.05 Å². The number of benzene rings is 1. The van der Waals surface area contributed by atoms with E-state index in [9.17, 15) is 0 Å². The molecule has 6 nitrogen and oxygen atoms in total. The number of hydrogen-bond acceptors (Lipinski definition) is 3. The van der Waals surface area contributed by atoms with E-state index in [1.807, 2.05) is 13.0 Å². The topological polar surface area (TPSA) is 63.5 Å². The number of nitrogens with zero attached hydrogens (tertiary/aromatic N) is 3. The van der Waals surface area contributed by atoms with Crippen molar-refractivity contribution >= 4 is 29.9 Å². The minimum atomic E-state index is 0. The molecule has 7 heteroatoms. The molecule has 0 amide bonds. The van der Waals surface area contributed by atoms with E-state index < -0.39 is 0 Å². The normalized spacial score (nSPS) is 11.2. The van der Waals surface area contributed by atoms with Crippen LogP contribution in [0.2, 0.25) is 0 Å². The number of ether oxygens (including phenoxy) is 1. The molecule has 0 unspecified atom stereocenters. The first-order valence-electron chi connectivity index (χ1n) is 9.24. The molecule has 0 saturated carbocycles. The summed E-state index contributed by atoms with van der Waals surface area (Å²) in [5.41, 5.74) is 4.71. The van der Waals surface area contributed by atoms with Crippen molar-refractivity contribution in [2.45, 2.75) is 40.3 Å². The van der Waals surface area contributed by atoms with Crippen LogP contribution in [0, 0.1) is 13.8 Å². The quantitative estimate of drug-likeness (QED) is 0.248. The zero-order valence-corrected chi connectivity index (χ0v) is 19.1. The van der Waals surface area contributed by atoms with E-state index in [1.165, 1.54) is 16.8 Å². The van der Waals surface area contributed by atoms with Gasteiger partial charge in [0.05, 0.1) is 12.2 Å². The molecule has 27 heavy (non-hydrogen) atoms. The van der Waals surface area contributed by atoms with E-state index in [4.69, 9.17) is 9.84 Å².